The molecule has 3 rings (SSSR count). The molecule has 2 nitrogen and oxygen atoms in total. The largest absolute Gasteiger partial charge is 0.314 e. The van der Waals surface area contributed by atoms with Gasteiger partial charge in [0.1, 0.15) is 0 Å². The van der Waals surface area contributed by atoms with Crippen LogP contribution in [0.3, 0.4) is 0 Å². The first-order valence-electron chi connectivity index (χ1n) is 6.47. The minimum absolute atomic E-state index is 0.0755. The number of rotatable bonds is 2. The summed E-state index contributed by atoms with van der Waals surface area (Å²) in [7, 11) is 0. The maximum absolute atomic E-state index is 12.3. The Labute approximate surface area is 113 Å². The summed E-state index contributed by atoms with van der Waals surface area (Å²) in [4.78, 5) is 14.1. The number of nitrogens with zero attached hydrogens (tertiary/aromatic N) is 1. The van der Waals surface area contributed by atoms with Crippen molar-refractivity contribution in [2.24, 2.45) is 0 Å². The molecule has 2 aromatic rings. The predicted octanol–water partition coefficient (Wildman–Crippen LogP) is 3.57. The number of amides is 1. The van der Waals surface area contributed by atoms with Crippen LogP contribution in [0.25, 0.3) is 5.57 Å². The van der Waals surface area contributed by atoms with E-state index in [9.17, 15) is 4.79 Å². The molecule has 19 heavy (non-hydrogen) atoms. The third-order valence-electron chi connectivity index (χ3n) is 3.36. The van der Waals surface area contributed by atoms with Crippen LogP contribution in [0.4, 0.5) is 0 Å². The summed E-state index contributed by atoms with van der Waals surface area (Å²) in [6.45, 7) is 0.762. The molecule has 1 aliphatic rings. The standard InChI is InChI=1S/C17H15NO/c19-17(15-9-5-2-6-10-15)18-12-11-16(13-18)14-7-3-1-4-8-14/h1-10,13H,11-12H2. The lowest BCUT2D eigenvalue weighted by molar-refractivity contribution is 0.0833. The maximum atomic E-state index is 12.3. The van der Waals surface area contributed by atoms with Gasteiger partial charge < -0.3 is 4.90 Å². The van der Waals surface area contributed by atoms with Crippen molar-refractivity contribution in [2.45, 2.75) is 6.42 Å². The number of carbonyl (C=O) groups is 1. The minimum Gasteiger partial charge on any atom is -0.314 e. The van der Waals surface area contributed by atoms with E-state index in [1.165, 1.54) is 11.1 Å². The zero-order chi connectivity index (χ0) is 13.1. The van der Waals surface area contributed by atoms with Crippen LogP contribution in [0.1, 0.15) is 22.3 Å². The van der Waals surface area contributed by atoms with Gasteiger partial charge >= 0.3 is 0 Å². The average molecular weight is 249 g/mol. The SMILES string of the molecule is O=C(c1ccccc1)N1C=C(c2ccccc2)CC1. The van der Waals surface area contributed by atoms with Gasteiger partial charge in [-0.15, -0.1) is 0 Å². The van der Waals surface area contributed by atoms with E-state index >= 15 is 0 Å². The lowest BCUT2D eigenvalue weighted by atomic mass is 10.1. The van der Waals surface area contributed by atoms with Crippen LogP contribution in [0, 0.1) is 0 Å². The van der Waals surface area contributed by atoms with Crippen molar-refractivity contribution in [3.05, 3.63) is 78.0 Å². The average Bonchev–Trinajstić information content (AvgIpc) is 2.98. The van der Waals surface area contributed by atoms with Crippen LogP contribution >= 0.6 is 0 Å². The van der Waals surface area contributed by atoms with Crippen LogP contribution in [-0.4, -0.2) is 17.4 Å². The molecule has 1 amide bonds. The molecule has 94 valence electrons. The summed E-state index contributed by atoms with van der Waals surface area (Å²) in [6.07, 6.45) is 2.90. The summed E-state index contributed by atoms with van der Waals surface area (Å²) < 4.78 is 0. The van der Waals surface area contributed by atoms with E-state index in [2.05, 4.69) is 12.1 Å². The van der Waals surface area contributed by atoms with Gasteiger partial charge in [0.05, 0.1) is 0 Å². The Morgan fingerprint density at radius 1 is 0.895 bits per heavy atom. The molecular weight excluding hydrogens is 234 g/mol. The molecule has 0 unspecified atom stereocenters. The van der Waals surface area contributed by atoms with E-state index in [1.54, 1.807) is 4.90 Å². The molecule has 0 saturated carbocycles. The summed E-state index contributed by atoms with van der Waals surface area (Å²) in [5, 5.41) is 0. The van der Waals surface area contributed by atoms with Gasteiger partial charge in [0, 0.05) is 18.3 Å². The molecule has 0 bridgehead atoms. The van der Waals surface area contributed by atoms with Gasteiger partial charge in [0.25, 0.3) is 5.91 Å². The lowest BCUT2D eigenvalue weighted by Gasteiger charge is -2.12. The third kappa shape index (κ3) is 2.43. The second-order valence-corrected chi connectivity index (χ2v) is 4.63. The Bertz CT molecular complexity index is 602. The molecule has 2 heteroatoms. The van der Waals surface area contributed by atoms with Crippen molar-refractivity contribution in [3.8, 4) is 0 Å². The minimum atomic E-state index is 0.0755. The van der Waals surface area contributed by atoms with Crippen LogP contribution in [-0.2, 0) is 0 Å². The molecule has 0 radical (unpaired) electrons. The Balaban J connectivity index is 1.82. The fourth-order valence-electron chi connectivity index (χ4n) is 2.34. The molecule has 2 aromatic carbocycles. The maximum Gasteiger partial charge on any atom is 0.257 e. The lowest BCUT2D eigenvalue weighted by Crippen LogP contribution is -2.23. The number of hydrogen-bond acceptors (Lipinski definition) is 1. The van der Waals surface area contributed by atoms with Gasteiger partial charge in [-0.2, -0.15) is 0 Å². The predicted molar refractivity (Wildman–Crippen MR) is 76.5 cm³/mol. The Hall–Kier alpha value is -2.35. The van der Waals surface area contributed by atoms with Crippen LogP contribution in [0.5, 0.6) is 0 Å². The normalized spacial score (nSPS) is 14.3. The number of carbonyl (C=O) groups excluding carboxylic acids is 1. The van der Waals surface area contributed by atoms with Gasteiger partial charge in [-0.05, 0) is 29.7 Å². The van der Waals surface area contributed by atoms with Crippen LogP contribution < -0.4 is 0 Å². The fraction of sp³-hybridized carbons (Fsp3) is 0.118. The highest BCUT2D eigenvalue weighted by molar-refractivity contribution is 5.96. The Morgan fingerprint density at radius 2 is 1.53 bits per heavy atom. The van der Waals surface area contributed by atoms with Crippen molar-refractivity contribution in [3.63, 3.8) is 0 Å². The van der Waals surface area contributed by atoms with Gasteiger partial charge in [-0.25, -0.2) is 0 Å². The van der Waals surface area contributed by atoms with Crippen LogP contribution in [0.2, 0.25) is 0 Å². The Kier molecular flexibility index (Phi) is 3.15. The van der Waals surface area contributed by atoms with E-state index in [-0.39, 0.29) is 5.91 Å². The van der Waals surface area contributed by atoms with E-state index in [0.717, 1.165) is 18.5 Å². The molecular formula is C17H15NO. The smallest absolute Gasteiger partial charge is 0.257 e. The monoisotopic (exact) mass is 249 g/mol. The van der Waals surface area contributed by atoms with Crippen molar-refractivity contribution >= 4 is 11.5 Å². The second-order valence-electron chi connectivity index (χ2n) is 4.63. The fourth-order valence-corrected chi connectivity index (χ4v) is 2.34. The quantitative estimate of drug-likeness (QED) is 0.796. The number of benzene rings is 2. The van der Waals surface area contributed by atoms with E-state index in [0.29, 0.717) is 0 Å². The summed E-state index contributed by atoms with van der Waals surface area (Å²) in [5.74, 6) is 0.0755. The summed E-state index contributed by atoms with van der Waals surface area (Å²) in [5.41, 5.74) is 3.17. The third-order valence-corrected chi connectivity index (χ3v) is 3.36. The first-order valence-corrected chi connectivity index (χ1v) is 6.47. The van der Waals surface area contributed by atoms with E-state index in [1.807, 2.05) is 54.7 Å². The molecule has 1 heterocycles. The topological polar surface area (TPSA) is 20.3 Å². The zero-order valence-electron chi connectivity index (χ0n) is 10.6. The second kappa shape index (κ2) is 5.11. The van der Waals surface area contributed by atoms with Crippen molar-refractivity contribution in [1.82, 2.24) is 4.90 Å². The first kappa shape index (κ1) is 11.7. The van der Waals surface area contributed by atoms with Gasteiger partial charge in [0.15, 0.2) is 0 Å². The highest BCUT2D eigenvalue weighted by Gasteiger charge is 2.20. The molecule has 0 fully saturated rings. The summed E-state index contributed by atoms with van der Waals surface area (Å²) >= 11 is 0. The highest BCUT2D eigenvalue weighted by Crippen LogP contribution is 2.25. The van der Waals surface area contributed by atoms with E-state index in [4.69, 9.17) is 0 Å². The molecule has 0 spiro atoms. The summed E-state index contributed by atoms with van der Waals surface area (Å²) in [6, 6.07) is 19.7. The zero-order valence-corrected chi connectivity index (χ0v) is 10.6. The highest BCUT2D eigenvalue weighted by atomic mass is 16.2. The van der Waals surface area contributed by atoms with Gasteiger partial charge in [0.2, 0.25) is 0 Å². The van der Waals surface area contributed by atoms with Crippen molar-refractivity contribution in [2.75, 3.05) is 6.54 Å². The molecule has 0 aliphatic carbocycles. The molecule has 1 aliphatic heterocycles. The van der Waals surface area contributed by atoms with Crippen LogP contribution in [0.15, 0.2) is 66.9 Å². The van der Waals surface area contributed by atoms with Gasteiger partial charge in [-0.1, -0.05) is 48.5 Å². The molecule has 0 atom stereocenters. The van der Waals surface area contributed by atoms with Crippen molar-refractivity contribution < 1.29 is 4.79 Å². The molecule has 0 N–H and O–H groups in total. The first-order chi connectivity index (χ1) is 9.34. The van der Waals surface area contributed by atoms with Crippen molar-refractivity contribution in [1.29, 1.82) is 0 Å². The van der Waals surface area contributed by atoms with E-state index < -0.39 is 0 Å². The Morgan fingerprint density at radius 3 is 2.21 bits per heavy atom. The van der Waals surface area contributed by atoms with Gasteiger partial charge in [-0.3, -0.25) is 4.79 Å². The molecule has 0 saturated heterocycles. The number of hydrogen-bond donors (Lipinski definition) is 0. The molecule has 0 aromatic heterocycles.